The molecule has 0 N–H and O–H groups in total. The van der Waals surface area contributed by atoms with E-state index >= 15 is 0 Å². The Labute approximate surface area is 352 Å². The molecule has 10 aromatic rings. The summed E-state index contributed by atoms with van der Waals surface area (Å²) in [4.78, 5) is 2.52. The predicted molar refractivity (Wildman–Crippen MR) is 253 cm³/mol. The Morgan fingerprint density at radius 2 is 0.967 bits per heavy atom. The lowest BCUT2D eigenvalue weighted by Crippen LogP contribution is -2.14. The summed E-state index contributed by atoms with van der Waals surface area (Å²) in [6, 6.07) is 75.4. The van der Waals surface area contributed by atoms with Gasteiger partial charge in [-0.1, -0.05) is 183 Å². The zero-order valence-electron chi connectivity index (χ0n) is 33.6. The molecule has 2 heteroatoms. The van der Waals surface area contributed by atoms with Crippen LogP contribution in [0.2, 0.25) is 0 Å². The molecule has 1 aliphatic rings. The molecular weight excluding hydrogens is 727 g/mol. The number of fused-ring (bicyclic) bond motifs is 4. The van der Waals surface area contributed by atoms with Crippen LogP contribution < -0.4 is 4.90 Å². The van der Waals surface area contributed by atoms with Crippen LogP contribution in [0.15, 0.2) is 211 Å². The van der Waals surface area contributed by atoms with Gasteiger partial charge in [0, 0.05) is 27.5 Å². The average Bonchev–Trinajstić information content (AvgIpc) is 3.70. The molecule has 288 valence electrons. The van der Waals surface area contributed by atoms with E-state index in [1.54, 1.807) is 0 Å². The molecule has 2 nitrogen and oxygen atoms in total. The van der Waals surface area contributed by atoms with E-state index in [0.717, 1.165) is 55.7 Å². The summed E-state index contributed by atoms with van der Waals surface area (Å²) < 4.78 is 6.48. The SMILES string of the molecule is c1ccc(-c2ccc(N(c3ccccc3-c3ccc4c(c3)oc3ccccc34)c3ccccc3-c3cccc4cccc(C5CCCCC5)c34)c(-c3ccccc3)c2)cc1. The van der Waals surface area contributed by atoms with E-state index in [-0.39, 0.29) is 0 Å². The lowest BCUT2D eigenvalue weighted by atomic mass is 9.80. The quantitative estimate of drug-likeness (QED) is 0.153. The summed E-state index contributed by atoms with van der Waals surface area (Å²) in [5.74, 6) is 0.566. The highest BCUT2D eigenvalue weighted by Crippen LogP contribution is 2.50. The number of furan rings is 1. The van der Waals surface area contributed by atoms with Gasteiger partial charge in [-0.2, -0.15) is 0 Å². The Kier molecular flexibility index (Phi) is 9.32. The van der Waals surface area contributed by atoms with Crippen molar-refractivity contribution in [3.05, 3.63) is 212 Å². The van der Waals surface area contributed by atoms with Gasteiger partial charge in [-0.3, -0.25) is 0 Å². The number of hydrogen-bond acceptors (Lipinski definition) is 2. The fourth-order valence-corrected chi connectivity index (χ4v) is 9.83. The minimum atomic E-state index is 0.566. The molecule has 0 radical (unpaired) electrons. The van der Waals surface area contributed by atoms with Gasteiger partial charge in [0.15, 0.2) is 0 Å². The summed E-state index contributed by atoms with van der Waals surface area (Å²) in [5.41, 5.74) is 16.0. The number of anilines is 3. The first-order valence-corrected chi connectivity index (χ1v) is 21.5. The van der Waals surface area contributed by atoms with Gasteiger partial charge in [-0.05, 0) is 105 Å². The lowest BCUT2D eigenvalue weighted by molar-refractivity contribution is 0.445. The van der Waals surface area contributed by atoms with Gasteiger partial charge >= 0.3 is 0 Å². The van der Waals surface area contributed by atoms with E-state index in [1.807, 2.05) is 6.07 Å². The number of hydrogen-bond donors (Lipinski definition) is 0. The maximum Gasteiger partial charge on any atom is 0.136 e. The third-order valence-electron chi connectivity index (χ3n) is 12.7. The Balaban J connectivity index is 1.19. The molecule has 1 aliphatic carbocycles. The fraction of sp³-hybridized carbons (Fsp3) is 0.103. The molecule has 60 heavy (non-hydrogen) atoms. The largest absolute Gasteiger partial charge is 0.456 e. The van der Waals surface area contributed by atoms with Crippen molar-refractivity contribution in [2.45, 2.75) is 38.0 Å². The molecule has 0 aliphatic heterocycles. The first-order valence-electron chi connectivity index (χ1n) is 21.5. The third-order valence-corrected chi connectivity index (χ3v) is 12.7. The summed E-state index contributed by atoms with van der Waals surface area (Å²) in [6.45, 7) is 0. The minimum absolute atomic E-state index is 0.566. The number of para-hydroxylation sites is 3. The van der Waals surface area contributed by atoms with E-state index in [4.69, 9.17) is 4.42 Å². The maximum absolute atomic E-state index is 6.48. The number of benzene rings is 9. The standard InChI is InChI=1S/C58H45NO/c1-4-18-40(19-5-1)44-35-37-55(52(38-44)42-22-8-3-9-23-42)59(53-31-13-10-26-46(53)45-34-36-50-49-28-12-15-33-56(49)60-57(50)39-45)54-32-14-11-27-48(54)51-30-17-25-43-24-16-29-47(58(43)51)41-20-6-2-7-21-41/h1,3-5,8-19,22-39,41H,2,6-7,20-21H2. The number of nitrogens with zero attached hydrogens (tertiary/aromatic N) is 1. The van der Waals surface area contributed by atoms with E-state index in [1.165, 1.54) is 76.3 Å². The molecule has 1 saturated carbocycles. The van der Waals surface area contributed by atoms with Crippen molar-refractivity contribution in [1.29, 1.82) is 0 Å². The molecule has 0 spiro atoms. The zero-order valence-corrected chi connectivity index (χ0v) is 33.6. The first kappa shape index (κ1) is 36.0. The van der Waals surface area contributed by atoms with Crippen LogP contribution in [0, 0.1) is 0 Å². The van der Waals surface area contributed by atoms with Crippen molar-refractivity contribution in [3.8, 4) is 44.5 Å². The van der Waals surface area contributed by atoms with Crippen LogP contribution in [0.3, 0.4) is 0 Å². The minimum Gasteiger partial charge on any atom is -0.456 e. The molecular formula is C58H45NO. The summed E-state index contributed by atoms with van der Waals surface area (Å²) in [7, 11) is 0. The van der Waals surface area contributed by atoms with Crippen LogP contribution in [0.25, 0.3) is 77.2 Å². The van der Waals surface area contributed by atoms with Gasteiger partial charge in [0.2, 0.25) is 0 Å². The van der Waals surface area contributed by atoms with E-state index in [9.17, 15) is 0 Å². The van der Waals surface area contributed by atoms with E-state index in [0.29, 0.717) is 5.92 Å². The van der Waals surface area contributed by atoms with Crippen molar-refractivity contribution in [1.82, 2.24) is 0 Å². The Morgan fingerprint density at radius 3 is 1.77 bits per heavy atom. The zero-order chi connectivity index (χ0) is 39.8. The topological polar surface area (TPSA) is 16.4 Å². The second-order valence-corrected chi connectivity index (χ2v) is 16.2. The highest BCUT2D eigenvalue weighted by atomic mass is 16.3. The molecule has 0 saturated heterocycles. The molecule has 11 rings (SSSR count). The van der Waals surface area contributed by atoms with E-state index < -0.39 is 0 Å². The van der Waals surface area contributed by atoms with Gasteiger partial charge in [0.25, 0.3) is 0 Å². The van der Waals surface area contributed by atoms with Crippen LogP contribution in [0.4, 0.5) is 17.1 Å². The van der Waals surface area contributed by atoms with Crippen LogP contribution in [0.5, 0.6) is 0 Å². The average molecular weight is 772 g/mol. The summed E-state index contributed by atoms with van der Waals surface area (Å²) in [6.07, 6.45) is 6.43. The highest BCUT2D eigenvalue weighted by molar-refractivity contribution is 6.08. The molecule has 0 bridgehead atoms. The van der Waals surface area contributed by atoms with Gasteiger partial charge in [-0.15, -0.1) is 0 Å². The fourth-order valence-electron chi connectivity index (χ4n) is 9.83. The van der Waals surface area contributed by atoms with Crippen molar-refractivity contribution >= 4 is 49.8 Å². The lowest BCUT2D eigenvalue weighted by Gasteiger charge is -2.32. The third kappa shape index (κ3) is 6.46. The van der Waals surface area contributed by atoms with Crippen LogP contribution >= 0.6 is 0 Å². The highest BCUT2D eigenvalue weighted by Gasteiger charge is 2.26. The molecule has 0 atom stereocenters. The van der Waals surface area contributed by atoms with Gasteiger partial charge in [-0.25, -0.2) is 0 Å². The predicted octanol–water partition coefficient (Wildman–Crippen LogP) is 16.9. The second-order valence-electron chi connectivity index (χ2n) is 16.2. The Morgan fingerprint density at radius 1 is 0.367 bits per heavy atom. The maximum atomic E-state index is 6.48. The monoisotopic (exact) mass is 771 g/mol. The second kappa shape index (κ2) is 15.5. The molecule has 1 aromatic heterocycles. The van der Waals surface area contributed by atoms with Gasteiger partial charge < -0.3 is 9.32 Å². The summed E-state index contributed by atoms with van der Waals surface area (Å²) in [5, 5.41) is 4.94. The van der Waals surface area contributed by atoms with Crippen molar-refractivity contribution in [2.24, 2.45) is 0 Å². The molecule has 1 heterocycles. The van der Waals surface area contributed by atoms with Gasteiger partial charge in [0.1, 0.15) is 11.2 Å². The van der Waals surface area contributed by atoms with E-state index in [2.05, 4.69) is 205 Å². The van der Waals surface area contributed by atoms with Crippen molar-refractivity contribution < 1.29 is 4.42 Å². The first-order chi connectivity index (χ1) is 29.8. The normalized spacial score (nSPS) is 13.3. The molecule has 1 fully saturated rings. The summed E-state index contributed by atoms with van der Waals surface area (Å²) >= 11 is 0. The van der Waals surface area contributed by atoms with Crippen molar-refractivity contribution in [3.63, 3.8) is 0 Å². The van der Waals surface area contributed by atoms with Crippen LogP contribution in [-0.4, -0.2) is 0 Å². The Hall–Kier alpha value is -7.16. The molecule has 0 amide bonds. The van der Waals surface area contributed by atoms with Crippen LogP contribution in [-0.2, 0) is 0 Å². The smallest absolute Gasteiger partial charge is 0.136 e. The van der Waals surface area contributed by atoms with Crippen molar-refractivity contribution in [2.75, 3.05) is 4.90 Å². The van der Waals surface area contributed by atoms with Gasteiger partial charge in [0.05, 0.1) is 17.1 Å². The molecule has 0 unspecified atom stereocenters. The van der Waals surface area contributed by atoms with Crippen LogP contribution in [0.1, 0.15) is 43.6 Å². The molecule has 9 aromatic carbocycles. The number of rotatable bonds is 8. The Bertz CT molecular complexity index is 3130.